The molecule has 1 unspecified atom stereocenters. The molecule has 1 N–H and O–H groups in total. The lowest BCUT2D eigenvalue weighted by atomic mass is 9.91. The summed E-state index contributed by atoms with van der Waals surface area (Å²) in [6, 6.07) is 13.2. The van der Waals surface area contributed by atoms with Crippen molar-refractivity contribution in [3.63, 3.8) is 0 Å². The van der Waals surface area contributed by atoms with Crippen LogP contribution in [0.5, 0.6) is 0 Å². The summed E-state index contributed by atoms with van der Waals surface area (Å²) in [7, 11) is 0. The second-order valence-electron chi connectivity index (χ2n) is 5.36. The minimum absolute atomic E-state index is 0.187. The van der Waals surface area contributed by atoms with Crippen LogP contribution in [-0.2, 0) is 6.42 Å². The van der Waals surface area contributed by atoms with Gasteiger partial charge in [-0.15, -0.1) is 0 Å². The quantitative estimate of drug-likeness (QED) is 0.814. The molecule has 0 aromatic heterocycles. The van der Waals surface area contributed by atoms with Crippen molar-refractivity contribution in [2.45, 2.75) is 26.2 Å². The molecule has 0 amide bonds. The maximum absolute atomic E-state index is 14.0. The van der Waals surface area contributed by atoms with Gasteiger partial charge in [-0.1, -0.05) is 48.4 Å². The number of rotatable bonds is 6. The minimum atomic E-state index is -0.187. The average molecular weight is 306 g/mol. The van der Waals surface area contributed by atoms with E-state index in [-0.39, 0.29) is 11.7 Å². The first-order chi connectivity index (χ1) is 10.1. The van der Waals surface area contributed by atoms with Gasteiger partial charge in [0.2, 0.25) is 0 Å². The van der Waals surface area contributed by atoms with Crippen LogP contribution in [0, 0.1) is 12.7 Å². The Labute approximate surface area is 131 Å². The third-order valence-electron chi connectivity index (χ3n) is 3.66. The number of nitrogens with one attached hydrogen (secondary N) is 1. The van der Waals surface area contributed by atoms with Crippen LogP contribution in [0.3, 0.4) is 0 Å². The summed E-state index contributed by atoms with van der Waals surface area (Å²) >= 11 is 5.99. The molecule has 21 heavy (non-hydrogen) atoms. The van der Waals surface area contributed by atoms with Crippen LogP contribution < -0.4 is 5.32 Å². The Morgan fingerprint density at radius 3 is 2.52 bits per heavy atom. The molecule has 0 bridgehead atoms. The Balaban J connectivity index is 2.23. The summed E-state index contributed by atoms with van der Waals surface area (Å²) in [5.41, 5.74) is 3.13. The predicted octanol–water partition coefficient (Wildman–Crippen LogP) is 4.72. The van der Waals surface area contributed by atoms with Gasteiger partial charge in [-0.3, -0.25) is 0 Å². The molecule has 112 valence electrons. The summed E-state index contributed by atoms with van der Waals surface area (Å²) < 4.78 is 14.0. The van der Waals surface area contributed by atoms with Crippen molar-refractivity contribution in [1.29, 1.82) is 0 Å². The van der Waals surface area contributed by atoms with Gasteiger partial charge in [0.05, 0.1) is 0 Å². The van der Waals surface area contributed by atoms with Crippen LogP contribution in [-0.4, -0.2) is 13.1 Å². The molecule has 2 aromatic carbocycles. The van der Waals surface area contributed by atoms with Gasteiger partial charge in [0.15, 0.2) is 0 Å². The molecule has 0 heterocycles. The molecule has 1 nitrogen and oxygen atoms in total. The Hall–Kier alpha value is -1.38. The fraction of sp³-hybridized carbons (Fsp3) is 0.333. The monoisotopic (exact) mass is 305 g/mol. The maximum atomic E-state index is 14.0. The Morgan fingerprint density at radius 1 is 1.14 bits per heavy atom. The van der Waals surface area contributed by atoms with Crippen molar-refractivity contribution < 1.29 is 4.39 Å². The topological polar surface area (TPSA) is 12.0 Å². The predicted molar refractivity (Wildman–Crippen MR) is 87.6 cm³/mol. The highest BCUT2D eigenvalue weighted by Gasteiger charge is 2.14. The zero-order chi connectivity index (χ0) is 15.2. The number of hydrogen-bond donors (Lipinski definition) is 1. The van der Waals surface area contributed by atoms with Gasteiger partial charge in [0, 0.05) is 17.5 Å². The van der Waals surface area contributed by atoms with Crippen molar-refractivity contribution in [3.8, 4) is 0 Å². The Kier molecular flexibility index (Phi) is 5.77. The van der Waals surface area contributed by atoms with E-state index in [1.165, 1.54) is 17.2 Å². The van der Waals surface area contributed by atoms with Gasteiger partial charge in [-0.05, 0) is 49.2 Å². The first-order valence-corrected chi connectivity index (χ1v) is 7.69. The highest BCUT2D eigenvalue weighted by atomic mass is 35.5. The van der Waals surface area contributed by atoms with Gasteiger partial charge >= 0.3 is 0 Å². The standard InChI is InChI=1S/C18H21ClFN/c1-3-21-12-16(14-6-4-13(2)5-7-14)10-15-11-17(19)8-9-18(15)20/h4-9,11,16,21H,3,10,12H2,1-2H3. The van der Waals surface area contributed by atoms with E-state index in [1.54, 1.807) is 12.1 Å². The Bertz CT molecular complexity index is 580. The molecule has 0 saturated carbocycles. The van der Waals surface area contributed by atoms with Crippen LogP contribution in [0.2, 0.25) is 5.02 Å². The number of halogens is 2. The molecule has 2 rings (SSSR count). The highest BCUT2D eigenvalue weighted by molar-refractivity contribution is 6.30. The number of benzene rings is 2. The molecule has 1 atom stereocenters. The lowest BCUT2D eigenvalue weighted by Crippen LogP contribution is -2.23. The van der Waals surface area contributed by atoms with E-state index < -0.39 is 0 Å². The van der Waals surface area contributed by atoms with Gasteiger partial charge in [0.1, 0.15) is 5.82 Å². The zero-order valence-corrected chi connectivity index (χ0v) is 13.3. The van der Waals surface area contributed by atoms with Gasteiger partial charge in [-0.25, -0.2) is 4.39 Å². The van der Waals surface area contributed by atoms with E-state index in [1.807, 2.05) is 0 Å². The molecule has 0 fully saturated rings. The second-order valence-corrected chi connectivity index (χ2v) is 5.79. The third-order valence-corrected chi connectivity index (χ3v) is 3.90. The number of hydrogen-bond acceptors (Lipinski definition) is 1. The number of likely N-dealkylation sites (N-methyl/N-ethyl adjacent to an activating group) is 1. The van der Waals surface area contributed by atoms with Crippen molar-refractivity contribution in [3.05, 3.63) is 70.0 Å². The van der Waals surface area contributed by atoms with E-state index in [4.69, 9.17) is 11.6 Å². The SMILES string of the molecule is CCNCC(Cc1cc(Cl)ccc1F)c1ccc(C)cc1. The summed E-state index contributed by atoms with van der Waals surface area (Å²) in [5, 5.41) is 3.94. The van der Waals surface area contributed by atoms with Gasteiger partial charge < -0.3 is 5.32 Å². The summed E-state index contributed by atoms with van der Waals surface area (Å²) in [4.78, 5) is 0. The second kappa shape index (κ2) is 7.58. The molecule has 0 aliphatic carbocycles. The smallest absolute Gasteiger partial charge is 0.126 e. The molecule has 2 aromatic rings. The fourth-order valence-corrected chi connectivity index (χ4v) is 2.62. The average Bonchev–Trinajstić information content (AvgIpc) is 2.48. The van der Waals surface area contributed by atoms with Crippen molar-refractivity contribution in [2.75, 3.05) is 13.1 Å². The van der Waals surface area contributed by atoms with E-state index in [0.717, 1.165) is 13.1 Å². The van der Waals surface area contributed by atoms with Crippen LogP contribution in [0.25, 0.3) is 0 Å². The molecular formula is C18H21ClFN. The van der Waals surface area contributed by atoms with E-state index >= 15 is 0 Å². The van der Waals surface area contributed by atoms with Gasteiger partial charge in [0.25, 0.3) is 0 Å². The van der Waals surface area contributed by atoms with E-state index in [0.29, 0.717) is 17.0 Å². The summed E-state index contributed by atoms with van der Waals surface area (Å²) in [6.45, 7) is 5.87. The molecule has 0 aliphatic heterocycles. The first kappa shape index (κ1) is 16.0. The van der Waals surface area contributed by atoms with Crippen LogP contribution in [0.4, 0.5) is 4.39 Å². The van der Waals surface area contributed by atoms with E-state index in [2.05, 4.69) is 43.4 Å². The first-order valence-electron chi connectivity index (χ1n) is 7.31. The van der Waals surface area contributed by atoms with Crippen molar-refractivity contribution in [1.82, 2.24) is 5.32 Å². The highest BCUT2D eigenvalue weighted by Crippen LogP contribution is 2.24. The lowest BCUT2D eigenvalue weighted by Gasteiger charge is -2.19. The maximum Gasteiger partial charge on any atom is 0.126 e. The fourth-order valence-electron chi connectivity index (χ4n) is 2.43. The van der Waals surface area contributed by atoms with Crippen LogP contribution >= 0.6 is 11.6 Å². The van der Waals surface area contributed by atoms with Gasteiger partial charge in [-0.2, -0.15) is 0 Å². The molecule has 0 radical (unpaired) electrons. The minimum Gasteiger partial charge on any atom is -0.316 e. The zero-order valence-electron chi connectivity index (χ0n) is 12.5. The third kappa shape index (κ3) is 4.55. The van der Waals surface area contributed by atoms with Crippen molar-refractivity contribution in [2.24, 2.45) is 0 Å². The lowest BCUT2D eigenvalue weighted by molar-refractivity contribution is 0.562. The molecule has 0 saturated heterocycles. The molecule has 0 spiro atoms. The Morgan fingerprint density at radius 2 is 1.86 bits per heavy atom. The normalized spacial score (nSPS) is 12.4. The van der Waals surface area contributed by atoms with E-state index in [9.17, 15) is 4.39 Å². The molecule has 3 heteroatoms. The summed E-state index contributed by atoms with van der Waals surface area (Å²) in [5.74, 6) is 0.0477. The van der Waals surface area contributed by atoms with Crippen molar-refractivity contribution >= 4 is 11.6 Å². The number of aryl methyl sites for hydroxylation is 1. The largest absolute Gasteiger partial charge is 0.316 e. The van der Waals surface area contributed by atoms with Crippen LogP contribution in [0.15, 0.2) is 42.5 Å². The summed E-state index contributed by atoms with van der Waals surface area (Å²) in [6.07, 6.45) is 0.641. The molecular weight excluding hydrogens is 285 g/mol. The van der Waals surface area contributed by atoms with Crippen LogP contribution in [0.1, 0.15) is 29.5 Å². The molecule has 0 aliphatic rings.